The minimum atomic E-state index is -0.678. The molecule has 0 saturated heterocycles. The highest BCUT2D eigenvalue weighted by molar-refractivity contribution is 5.91. The minimum Gasteiger partial charge on any atom is -0.497 e. The van der Waals surface area contributed by atoms with Crippen molar-refractivity contribution in [2.24, 2.45) is 5.73 Å². The summed E-state index contributed by atoms with van der Waals surface area (Å²) in [6.45, 7) is 0. The highest BCUT2D eigenvalue weighted by Crippen LogP contribution is 2.16. The number of anilines is 1. The topological polar surface area (TPSA) is 124 Å². The zero-order valence-corrected chi connectivity index (χ0v) is 10.1. The lowest BCUT2D eigenvalue weighted by molar-refractivity contribution is 0.254. The van der Waals surface area contributed by atoms with Crippen LogP contribution in [0.2, 0.25) is 0 Å². The molecule has 1 aromatic carbocycles. The SMILES string of the molecule is COc1cccc(NC(=O)NC(C#N)=C(N)C#N)c1. The number of carbonyl (C=O) groups is 1. The molecule has 0 aromatic heterocycles. The van der Waals surface area contributed by atoms with Crippen molar-refractivity contribution in [2.45, 2.75) is 0 Å². The van der Waals surface area contributed by atoms with Gasteiger partial charge in [-0.2, -0.15) is 10.5 Å². The van der Waals surface area contributed by atoms with E-state index >= 15 is 0 Å². The molecule has 0 aliphatic rings. The molecule has 19 heavy (non-hydrogen) atoms. The molecule has 0 saturated carbocycles. The number of amides is 2. The van der Waals surface area contributed by atoms with Crippen LogP contribution in [-0.4, -0.2) is 13.1 Å². The summed E-state index contributed by atoms with van der Waals surface area (Å²) in [4.78, 5) is 11.6. The second kappa shape index (κ2) is 6.52. The third-order valence-corrected chi connectivity index (χ3v) is 2.07. The highest BCUT2D eigenvalue weighted by atomic mass is 16.5. The Morgan fingerprint density at radius 3 is 2.68 bits per heavy atom. The summed E-state index contributed by atoms with van der Waals surface area (Å²) in [6, 6.07) is 9.18. The van der Waals surface area contributed by atoms with Crippen molar-refractivity contribution in [3.05, 3.63) is 35.7 Å². The van der Waals surface area contributed by atoms with E-state index in [0.717, 1.165) is 0 Å². The molecular formula is C12H11N5O2. The molecule has 0 heterocycles. The highest BCUT2D eigenvalue weighted by Gasteiger charge is 2.08. The van der Waals surface area contributed by atoms with Crippen molar-refractivity contribution in [3.8, 4) is 17.9 Å². The van der Waals surface area contributed by atoms with Gasteiger partial charge in [0.2, 0.25) is 0 Å². The molecule has 96 valence electrons. The van der Waals surface area contributed by atoms with E-state index in [-0.39, 0.29) is 11.4 Å². The fraction of sp³-hybridized carbons (Fsp3) is 0.0833. The number of urea groups is 1. The summed E-state index contributed by atoms with van der Waals surface area (Å²) in [5.74, 6) is 0.574. The standard InChI is InChI=1S/C12H11N5O2/c1-19-9-4-2-3-8(5-9)16-12(18)17-11(7-14)10(15)6-13/h2-5H,15H2,1H3,(H2,16,17,18). The number of nitrogens with one attached hydrogen (secondary N) is 2. The first-order chi connectivity index (χ1) is 9.10. The molecule has 0 aliphatic heterocycles. The Kier molecular flexibility index (Phi) is 4.76. The number of methoxy groups -OCH3 is 1. The van der Waals surface area contributed by atoms with Crippen molar-refractivity contribution in [1.29, 1.82) is 10.5 Å². The maximum absolute atomic E-state index is 11.6. The molecule has 2 amide bonds. The number of nitriles is 2. The fourth-order valence-electron chi connectivity index (χ4n) is 1.19. The molecule has 4 N–H and O–H groups in total. The lowest BCUT2D eigenvalue weighted by Gasteiger charge is -2.08. The largest absolute Gasteiger partial charge is 0.497 e. The normalized spacial score (nSPS) is 10.5. The van der Waals surface area contributed by atoms with Crippen LogP contribution in [-0.2, 0) is 0 Å². The third-order valence-electron chi connectivity index (χ3n) is 2.07. The van der Waals surface area contributed by atoms with Crippen LogP contribution in [0.3, 0.4) is 0 Å². The first-order valence-electron chi connectivity index (χ1n) is 5.12. The lowest BCUT2D eigenvalue weighted by atomic mass is 10.3. The number of benzene rings is 1. The van der Waals surface area contributed by atoms with E-state index < -0.39 is 6.03 Å². The van der Waals surface area contributed by atoms with E-state index in [4.69, 9.17) is 21.0 Å². The smallest absolute Gasteiger partial charge is 0.324 e. The first-order valence-corrected chi connectivity index (χ1v) is 5.12. The van der Waals surface area contributed by atoms with Crippen molar-refractivity contribution >= 4 is 11.7 Å². The zero-order valence-electron chi connectivity index (χ0n) is 10.1. The summed E-state index contributed by atoms with van der Waals surface area (Å²) in [5, 5.41) is 21.9. The van der Waals surface area contributed by atoms with Gasteiger partial charge >= 0.3 is 6.03 Å². The second-order valence-electron chi connectivity index (χ2n) is 3.32. The van der Waals surface area contributed by atoms with Crippen molar-refractivity contribution in [1.82, 2.24) is 5.32 Å². The van der Waals surface area contributed by atoms with Gasteiger partial charge in [0.15, 0.2) is 5.70 Å². The van der Waals surface area contributed by atoms with E-state index in [1.807, 2.05) is 0 Å². The van der Waals surface area contributed by atoms with E-state index in [0.29, 0.717) is 11.4 Å². The number of carbonyl (C=O) groups excluding carboxylic acids is 1. The van der Waals surface area contributed by atoms with Crippen LogP contribution in [0.25, 0.3) is 0 Å². The van der Waals surface area contributed by atoms with Gasteiger partial charge in [-0.25, -0.2) is 4.79 Å². The Hall–Kier alpha value is -3.19. The summed E-state index contributed by atoms with van der Waals surface area (Å²) in [6.07, 6.45) is 0. The molecule has 0 fully saturated rings. The predicted molar refractivity (Wildman–Crippen MR) is 67.6 cm³/mol. The van der Waals surface area contributed by atoms with Gasteiger partial charge in [0.1, 0.15) is 23.6 Å². The number of ether oxygens (including phenoxy) is 1. The molecule has 0 bridgehead atoms. The van der Waals surface area contributed by atoms with Gasteiger partial charge in [0.25, 0.3) is 0 Å². The van der Waals surface area contributed by atoms with Crippen LogP contribution in [0.4, 0.5) is 10.5 Å². The van der Waals surface area contributed by atoms with Crippen molar-refractivity contribution in [3.63, 3.8) is 0 Å². The maximum Gasteiger partial charge on any atom is 0.324 e. The Labute approximate surface area is 109 Å². The molecule has 7 nitrogen and oxygen atoms in total. The number of nitrogens with two attached hydrogens (primary N) is 1. The number of nitrogens with zero attached hydrogens (tertiary/aromatic N) is 2. The zero-order chi connectivity index (χ0) is 14.3. The van der Waals surface area contributed by atoms with Crippen LogP contribution in [0.15, 0.2) is 35.7 Å². The van der Waals surface area contributed by atoms with E-state index in [1.54, 1.807) is 36.4 Å². The summed E-state index contributed by atoms with van der Waals surface area (Å²) >= 11 is 0. The van der Waals surface area contributed by atoms with Gasteiger partial charge in [-0.1, -0.05) is 6.07 Å². The van der Waals surface area contributed by atoms with Gasteiger partial charge in [0.05, 0.1) is 7.11 Å². The predicted octanol–water partition coefficient (Wildman–Crippen LogP) is 1.03. The van der Waals surface area contributed by atoms with Crippen LogP contribution < -0.4 is 21.1 Å². The Bertz CT molecular complexity index is 595. The number of rotatable bonds is 3. The number of hydrogen-bond acceptors (Lipinski definition) is 5. The molecule has 0 aliphatic carbocycles. The molecule has 0 unspecified atom stereocenters. The van der Waals surface area contributed by atoms with Gasteiger partial charge < -0.3 is 15.8 Å². The van der Waals surface area contributed by atoms with Gasteiger partial charge in [-0.3, -0.25) is 5.32 Å². The van der Waals surface area contributed by atoms with E-state index in [2.05, 4.69) is 10.6 Å². The van der Waals surface area contributed by atoms with Crippen molar-refractivity contribution < 1.29 is 9.53 Å². The van der Waals surface area contributed by atoms with Crippen LogP contribution in [0.1, 0.15) is 0 Å². The van der Waals surface area contributed by atoms with E-state index in [1.165, 1.54) is 7.11 Å². The molecule has 0 atom stereocenters. The average Bonchev–Trinajstić information content (AvgIpc) is 2.44. The molecular weight excluding hydrogens is 246 g/mol. The molecule has 1 aromatic rings. The quantitative estimate of drug-likeness (QED) is 0.697. The molecule has 1 rings (SSSR count). The first kappa shape index (κ1) is 13.9. The monoisotopic (exact) mass is 257 g/mol. The number of hydrogen-bond donors (Lipinski definition) is 3. The van der Waals surface area contributed by atoms with Crippen molar-refractivity contribution in [2.75, 3.05) is 12.4 Å². The lowest BCUT2D eigenvalue weighted by Crippen LogP contribution is -2.29. The van der Waals surface area contributed by atoms with Gasteiger partial charge in [-0.15, -0.1) is 0 Å². The van der Waals surface area contributed by atoms with Crippen LogP contribution >= 0.6 is 0 Å². The summed E-state index contributed by atoms with van der Waals surface area (Å²) < 4.78 is 5.00. The fourth-order valence-corrected chi connectivity index (χ4v) is 1.19. The summed E-state index contributed by atoms with van der Waals surface area (Å²) in [5.41, 5.74) is 5.06. The molecule has 0 radical (unpaired) electrons. The second-order valence-corrected chi connectivity index (χ2v) is 3.32. The van der Waals surface area contributed by atoms with Crippen LogP contribution in [0.5, 0.6) is 5.75 Å². The number of allylic oxidation sites excluding steroid dienone is 2. The third kappa shape index (κ3) is 3.95. The Balaban J connectivity index is 2.76. The van der Waals surface area contributed by atoms with Crippen LogP contribution in [0, 0.1) is 22.7 Å². The Morgan fingerprint density at radius 1 is 1.37 bits per heavy atom. The Morgan fingerprint density at radius 2 is 2.11 bits per heavy atom. The average molecular weight is 257 g/mol. The maximum atomic E-state index is 11.6. The molecule has 0 spiro atoms. The minimum absolute atomic E-state index is 0.303. The summed E-state index contributed by atoms with van der Waals surface area (Å²) in [7, 11) is 1.50. The van der Waals surface area contributed by atoms with E-state index in [9.17, 15) is 4.79 Å². The van der Waals surface area contributed by atoms with Gasteiger partial charge in [0, 0.05) is 11.8 Å². The van der Waals surface area contributed by atoms with Gasteiger partial charge in [-0.05, 0) is 12.1 Å². The molecule has 7 heteroatoms.